The summed E-state index contributed by atoms with van der Waals surface area (Å²) in [5.74, 6) is 2.17. The summed E-state index contributed by atoms with van der Waals surface area (Å²) in [5, 5.41) is 4.60. The molecule has 1 saturated heterocycles. The number of benzene rings is 1. The molecule has 0 amide bonds. The molecular formula is C20H20N4O3. The number of hydrogen-bond acceptors (Lipinski definition) is 5. The normalized spacial score (nSPS) is 21.3. The molecule has 2 aliphatic rings. The molecule has 5 rings (SSSR count). The SMILES string of the molecule is O=c1c(=O)n2c(nn1Cc1ccccc1)[C@@H]1CN(Cc3ccco3)C[C@@H]1C2. The highest BCUT2D eigenvalue weighted by molar-refractivity contribution is 5.16. The maximum absolute atomic E-state index is 12.6. The molecule has 0 spiro atoms. The van der Waals surface area contributed by atoms with Crippen LogP contribution in [0.15, 0.2) is 62.7 Å². The van der Waals surface area contributed by atoms with Crippen LogP contribution in [0.5, 0.6) is 0 Å². The van der Waals surface area contributed by atoms with E-state index in [1.54, 1.807) is 10.8 Å². The Labute approximate surface area is 155 Å². The molecule has 0 unspecified atom stereocenters. The maximum atomic E-state index is 12.6. The van der Waals surface area contributed by atoms with Crippen LogP contribution in [0.4, 0.5) is 0 Å². The quantitative estimate of drug-likeness (QED) is 0.652. The third-order valence-electron chi connectivity index (χ3n) is 5.56. The highest BCUT2D eigenvalue weighted by atomic mass is 16.3. The average Bonchev–Trinajstić information content (AvgIpc) is 3.38. The van der Waals surface area contributed by atoms with Gasteiger partial charge in [0, 0.05) is 31.5 Å². The second-order valence-corrected chi connectivity index (χ2v) is 7.36. The molecule has 4 heterocycles. The molecule has 0 saturated carbocycles. The summed E-state index contributed by atoms with van der Waals surface area (Å²) < 4.78 is 8.36. The van der Waals surface area contributed by atoms with E-state index in [-0.39, 0.29) is 5.92 Å². The predicted octanol–water partition coefficient (Wildman–Crippen LogP) is 1.28. The van der Waals surface area contributed by atoms with Crippen LogP contribution in [-0.2, 0) is 19.6 Å². The lowest BCUT2D eigenvalue weighted by Gasteiger charge is -2.16. The summed E-state index contributed by atoms with van der Waals surface area (Å²) in [5.41, 5.74) is -0.0465. The summed E-state index contributed by atoms with van der Waals surface area (Å²) in [6.45, 7) is 3.34. The molecule has 2 aromatic heterocycles. The van der Waals surface area contributed by atoms with Gasteiger partial charge in [-0.3, -0.25) is 19.1 Å². The molecule has 1 fully saturated rings. The zero-order valence-electron chi connectivity index (χ0n) is 14.8. The van der Waals surface area contributed by atoms with Crippen LogP contribution in [0.25, 0.3) is 0 Å². The molecule has 2 aliphatic heterocycles. The Hall–Kier alpha value is -2.93. The molecule has 138 valence electrons. The lowest BCUT2D eigenvalue weighted by atomic mass is 10.00. The van der Waals surface area contributed by atoms with Gasteiger partial charge in [-0.2, -0.15) is 5.10 Å². The number of hydrogen-bond donors (Lipinski definition) is 0. The molecule has 1 aromatic carbocycles. The molecule has 7 nitrogen and oxygen atoms in total. The molecule has 27 heavy (non-hydrogen) atoms. The van der Waals surface area contributed by atoms with Crippen molar-refractivity contribution >= 4 is 0 Å². The summed E-state index contributed by atoms with van der Waals surface area (Å²) in [6, 6.07) is 13.5. The minimum absolute atomic E-state index is 0.176. The van der Waals surface area contributed by atoms with Crippen molar-refractivity contribution in [3.05, 3.63) is 86.6 Å². The van der Waals surface area contributed by atoms with Crippen molar-refractivity contribution in [2.24, 2.45) is 5.92 Å². The Bertz CT molecular complexity index is 1070. The summed E-state index contributed by atoms with van der Waals surface area (Å²) in [4.78, 5) is 27.4. The van der Waals surface area contributed by atoms with E-state index in [2.05, 4.69) is 10.00 Å². The monoisotopic (exact) mass is 364 g/mol. The van der Waals surface area contributed by atoms with Crippen molar-refractivity contribution in [3.8, 4) is 0 Å². The van der Waals surface area contributed by atoms with E-state index in [0.29, 0.717) is 19.0 Å². The van der Waals surface area contributed by atoms with Gasteiger partial charge in [-0.05, 0) is 17.7 Å². The first-order valence-electron chi connectivity index (χ1n) is 9.19. The molecular weight excluding hydrogens is 344 g/mol. The average molecular weight is 364 g/mol. The van der Waals surface area contributed by atoms with Gasteiger partial charge in [0.25, 0.3) is 0 Å². The van der Waals surface area contributed by atoms with Gasteiger partial charge in [-0.25, -0.2) is 4.68 Å². The van der Waals surface area contributed by atoms with Gasteiger partial charge in [0.1, 0.15) is 11.6 Å². The highest BCUT2D eigenvalue weighted by Crippen LogP contribution is 2.37. The van der Waals surface area contributed by atoms with E-state index in [9.17, 15) is 9.59 Å². The first-order valence-corrected chi connectivity index (χ1v) is 9.19. The van der Waals surface area contributed by atoms with Gasteiger partial charge in [0.15, 0.2) is 0 Å². The number of likely N-dealkylation sites (tertiary alicyclic amines) is 1. The molecule has 7 heteroatoms. The number of nitrogens with zero attached hydrogens (tertiary/aromatic N) is 4. The molecule has 2 atom stereocenters. The Morgan fingerprint density at radius 2 is 1.81 bits per heavy atom. The molecule has 3 aromatic rings. The van der Waals surface area contributed by atoms with E-state index in [1.807, 2.05) is 42.5 Å². The largest absolute Gasteiger partial charge is 0.468 e. The Morgan fingerprint density at radius 3 is 2.59 bits per heavy atom. The lowest BCUT2D eigenvalue weighted by molar-refractivity contribution is 0.277. The zero-order chi connectivity index (χ0) is 18.4. The summed E-state index contributed by atoms with van der Waals surface area (Å²) in [6.07, 6.45) is 1.69. The van der Waals surface area contributed by atoms with Crippen LogP contribution >= 0.6 is 0 Å². The fourth-order valence-electron chi connectivity index (χ4n) is 4.29. The van der Waals surface area contributed by atoms with Crippen LogP contribution in [0, 0.1) is 5.92 Å². The molecule has 0 N–H and O–H groups in total. The van der Waals surface area contributed by atoms with Gasteiger partial charge in [-0.1, -0.05) is 30.3 Å². The zero-order valence-corrected chi connectivity index (χ0v) is 14.8. The van der Waals surface area contributed by atoms with Crippen molar-refractivity contribution in [1.82, 2.24) is 19.2 Å². The van der Waals surface area contributed by atoms with Crippen molar-refractivity contribution in [2.75, 3.05) is 13.1 Å². The van der Waals surface area contributed by atoms with E-state index in [1.165, 1.54) is 4.68 Å². The van der Waals surface area contributed by atoms with Crippen molar-refractivity contribution in [3.63, 3.8) is 0 Å². The minimum Gasteiger partial charge on any atom is -0.468 e. The van der Waals surface area contributed by atoms with Gasteiger partial charge < -0.3 is 4.42 Å². The van der Waals surface area contributed by atoms with E-state index in [4.69, 9.17) is 4.42 Å². The van der Waals surface area contributed by atoms with Crippen LogP contribution < -0.4 is 11.1 Å². The minimum atomic E-state index is -0.546. The highest BCUT2D eigenvalue weighted by Gasteiger charge is 2.42. The fourth-order valence-corrected chi connectivity index (χ4v) is 4.29. The second-order valence-electron chi connectivity index (χ2n) is 7.36. The van der Waals surface area contributed by atoms with E-state index >= 15 is 0 Å². The Morgan fingerprint density at radius 1 is 0.963 bits per heavy atom. The van der Waals surface area contributed by atoms with Gasteiger partial charge >= 0.3 is 11.1 Å². The second kappa shape index (κ2) is 6.35. The first kappa shape index (κ1) is 16.3. The molecule has 0 radical (unpaired) electrons. The fraction of sp³-hybridized carbons (Fsp3) is 0.350. The Kier molecular flexibility index (Phi) is 3.82. The topological polar surface area (TPSA) is 73.3 Å². The van der Waals surface area contributed by atoms with Gasteiger partial charge in [0.2, 0.25) is 0 Å². The number of aromatic nitrogens is 3. The van der Waals surface area contributed by atoms with Gasteiger partial charge in [-0.15, -0.1) is 0 Å². The van der Waals surface area contributed by atoms with Crippen molar-refractivity contribution in [2.45, 2.75) is 25.6 Å². The third kappa shape index (κ3) is 2.84. The Balaban J connectivity index is 1.44. The van der Waals surface area contributed by atoms with Crippen molar-refractivity contribution < 1.29 is 4.42 Å². The number of furan rings is 1. The van der Waals surface area contributed by atoms with Crippen LogP contribution in [0.1, 0.15) is 23.1 Å². The van der Waals surface area contributed by atoms with Crippen LogP contribution in [0.2, 0.25) is 0 Å². The molecule has 0 aliphatic carbocycles. The first-order chi connectivity index (χ1) is 13.2. The predicted molar refractivity (Wildman–Crippen MR) is 98.5 cm³/mol. The number of fused-ring (bicyclic) bond motifs is 3. The van der Waals surface area contributed by atoms with Gasteiger partial charge in [0.05, 0.1) is 19.4 Å². The maximum Gasteiger partial charge on any atom is 0.332 e. The third-order valence-corrected chi connectivity index (χ3v) is 5.56. The smallest absolute Gasteiger partial charge is 0.332 e. The summed E-state index contributed by atoms with van der Waals surface area (Å²) in [7, 11) is 0. The van der Waals surface area contributed by atoms with Crippen molar-refractivity contribution in [1.29, 1.82) is 0 Å². The summed E-state index contributed by atoms with van der Waals surface area (Å²) >= 11 is 0. The van der Waals surface area contributed by atoms with Crippen LogP contribution in [0.3, 0.4) is 0 Å². The molecule has 0 bridgehead atoms. The lowest BCUT2D eigenvalue weighted by Crippen LogP contribution is -2.44. The van der Waals surface area contributed by atoms with E-state index < -0.39 is 11.1 Å². The van der Waals surface area contributed by atoms with Crippen LogP contribution in [-0.4, -0.2) is 32.3 Å². The number of rotatable bonds is 4. The standard InChI is InChI=1S/C20H20N4O3/c25-19-20(26)24(9-14-5-2-1-3-6-14)21-18-17-13-22(10-15(17)11-23(18)19)12-16-7-4-8-27-16/h1-8,15,17H,9-13H2/t15-,17-/m1/s1. The van der Waals surface area contributed by atoms with E-state index in [0.717, 1.165) is 36.8 Å².